The highest BCUT2D eigenvalue weighted by atomic mass is 35.5. The van der Waals surface area contributed by atoms with E-state index in [0.717, 1.165) is 24.8 Å². The zero-order chi connectivity index (χ0) is 14.5. The zero-order valence-corrected chi connectivity index (χ0v) is 12.8. The third kappa shape index (κ3) is 3.94. The summed E-state index contributed by atoms with van der Waals surface area (Å²) < 4.78 is 27.0. The van der Waals surface area contributed by atoms with Gasteiger partial charge in [-0.05, 0) is 42.9 Å². The van der Waals surface area contributed by atoms with Crippen LogP contribution < -0.4 is 0 Å². The Kier molecular flexibility index (Phi) is 5.83. The van der Waals surface area contributed by atoms with Gasteiger partial charge in [0.1, 0.15) is 11.6 Å². The first kappa shape index (κ1) is 15.8. The van der Waals surface area contributed by atoms with Crippen LogP contribution in [0.5, 0.6) is 0 Å². The minimum absolute atomic E-state index is 0.269. The molecule has 1 aromatic carbocycles. The van der Waals surface area contributed by atoms with E-state index in [0.29, 0.717) is 5.56 Å². The minimum Gasteiger partial charge on any atom is -0.207 e. The monoisotopic (exact) mass is 300 g/mol. The molecule has 0 heterocycles. The van der Waals surface area contributed by atoms with Crippen LogP contribution in [0.1, 0.15) is 62.8 Å². The zero-order valence-electron chi connectivity index (χ0n) is 12.0. The number of hydrogen-bond donors (Lipinski definition) is 0. The molecule has 0 saturated heterocycles. The first-order valence-electron chi connectivity index (χ1n) is 7.70. The van der Waals surface area contributed by atoms with E-state index in [1.165, 1.54) is 44.2 Å². The maximum absolute atomic E-state index is 13.8. The lowest BCUT2D eigenvalue weighted by Crippen LogP contribution is -2.19. The number of rotatable bonds is 5. The molecule has 1 saturated carbocycles. The Morgan fingerprint density at radius 1 is 1.20 bits per heavy atom. The van der Waals surface area contributed by atoms with Gasteiger partial charge in [0.25, 0.3) is 0 Å². The fourth-order valence-electron chi connectivity index (χ4n) is 3.24. The molecule has 1 unspecified atom stereocenters. The van der Waals surface area contributed by atoms with Gasteiger partial charge < -0.3 is 0 Å². The number of alkyl halides is 1. The summed E-state index contributed by atoms with van der Waals surface area (Å²) in [5.41, 5.74) is 0.323. The van der Waals surface area contributed by atoms with E-state index in [1.54, 1.807) is 0 Å². The largest absolute Gasteiger partial charge is 0.207 e. The van der Waals surface area contributed by atoms with E-state index >= 15 is 0 Å². The lowest BCUT2D eigenvalue weighted by atomic mass is 9.77. The van der Waals surface area contributed by atoms with Crippen LogP contribution in [0, 0.1) is 23.5 Å². The fourth-order valence-corrected chi connectivity index (χ4v) is 3.66. The average molecular weight is 301 g/mol. The molecule has 0 radical (unpaired) electrons. The van der Waals surface area contributed by atoms with Gasteiger partial charge in [-0.1, -0.05) is 39.0 Å². The normalized spacial score (nSPS) is 24.6. The summed E-state index contributed by atoms with van der Waals surface area (Å²) in [4.78, 5) is 0. The number of benzene rings is 1. The van der Waals surface area contributed by atoms with Crippen molar-refractivity contribution in [2.75, 3.05) is 0 Å². The van der Waals surface area contributed by atoms with E-state index < -0.39 is 11.2 Å². The lowest BCUT2D eigenvalue weighted by Gasteiger charge is -2.31. The van der Waals surface area contributed by atoms with Crippen LogP contribution in [0.15, 0.2) is 18.2 Å². The highest BCUT2D eigenvalue weighted by molar-refractivity contribution is 6.21. The van der Waals surface area contributed by atoms with Crippen molar-refractivity contribution in [3.05, 3.63) is 35.4 Å². The molecule has 1 fully saturated rings. The summed E-state index contributed by atoms with van der Waals surface area (Å²) >= 11 is 6.41. The molecule has 1 atom stereocenters. The second-order valence-electron chi connectivity index (χ2n) is 5.99. The van der Waals surface area contributed by atoms with Gasteiger partial charge in [0.05, 0.1) is 5.38 Å². The Hall–Kier alpha value is -0.630. The molecule has 2 rings (SSSR count). The van der Waals surface area contributed by atoms with Crippen LogP contribution in [0.3, 0.4) is 0 Å². The van der Waals surface area contributed by atoms with Gasteiger partial charge >= 0.3 is 0 Å². The van der Waals surface area contributed by atoms with E-state index in [4.69, 9.17) is 11.6 Å². The highest BCUT2D eigenvalue weighted by Crippen LogP contribution is 2.42. The molecule has 112 valence electrons. The van der Waals surface area contributed by atoms with Crippen molar-refractivity contribution < 1.29 is 8.78 Å². The standard InChI is InChI=1S/C17H23ClF2/c1-2-3-4-12-5-7-13(8-6-12)17(18)15-11-14(19)9-10-16(15)20/h9-13,17H,2-8H2,1H3. The van der Waals surface area contributed by atoms with Crippen molar-refractivity contribution in [2.45, 2.75) is 57.2 Å². The first-order valence-corrected chi connectivity index (χ1v) is 8.14. The molecule has 0 N–H and O–H groups in total. The molecule has 0 amide bonds. The van der Waals surface area contributed by atoms with Crippen molar-refractivity contribution >= 4 is 11.6 Å². The third-order valence-electron chi connectivity index (χ3n) is 4.53. The fraction of sp³-hybridized carbons (Fsp3) is 0.647. The Balaban J connectivity index is 1.94. The number of halogens is 3. The molecular weight excluding hydrogens is 278 g/mol. The number of unbranched alkanes of at least 4 members (excludes halogenated alkanes) is 1. The molecule has 1 aromatic rings. The van der Waals surface area contributed by atoms with Crippen LogP contribution in [0.25, 0.3) is 0 Å². The van der Waals surface area contributed by atoms with Crippen molar-refractivity contribution in [2.24, 2.45) is 11.8 Å². The third-order valence-corrected chi connectivity index (χ3v) is 5.12. The van der Waals surface area contributed by atoms with Crippen molar-refractivity contribution in [3.8, 4) is 0 Å². The summed E-state index contributed by atoms with van der Waals surface area (Å²) in [6.07, 6.45) is 8.22. The molecule has 20 heavy (non-hydrogen) atoms. The maximum atomic E-state index is 13.8. The van der Waals surface area contributed by atoms with Gasteiger partial charge in [0.2, 0.25) is 0 Å². The Labute approximate surface area is 125 Å². The summed E-state index contributed by atoms with van der Waals surface area (Å²) in [7, 11) is 0. The van der Waals surface area contributed by atoms with Gasteiger partial charge in [0.15, 0.2) is 0 Å². The smallest absolute Gasteiger partial charge is 0.128 e. The molecule has 0 aliphatic heterocycles. The van der Waals surface area contributed by atoms with E-state index in [2.05, 4.69) is 6.92 Å². The van der Waals surface area contributed by atoms with Gasteiger partial charge in [-0.15, -0.1) is 11.6 Å². The second kappa shape index (κ2) is 7.40. The summed E-state index contributed by atoms with van der Waals surface area (Å²) in [5.74, 6) is 0.265. The van der Waals surface area contributed by atoms with Crippen molar-refractivity contribution in [3.63, 3.8) is 0 Å². The average Bonchev–Trinajstić information content (AvgIpc) is 2.47. The number of hydrogen-bond acceptors (Lipinski definition) is 0. The van der Waals surface area contributed by atoms with Crippen LogP contribution in [-0.4, -0.2) is 0 Å². The van der Waals surface area contributed by atoms with E-state index in [-0.39, 0.29) is 11.7 Å². The molecule has 0 spiro atoms. The summed E-state index contributed by atoms with van der Waals surface area (Å²) in [6.45, 7) is 2.22. The van der Waals surface area contributed by atoms with Crippen LogP contribution in [-0.2, 0) is 0 Å². The van der Waals surface area contributed by atoms with Crippen LogP contribution in [0.2, 0.25) is 0 Å². The van der Waals surface area contributed by atoms with E-state index in [1.807, 2.05) is 0 Å². The predicted octanol–water partition coefficient (Wildman–Crippen LogP) is 6.24. The van der Waals surface area contributed by atoms with E-state index in [9.17, 15) is 8.78 Å². The Bertz CT molecular complexity index is 425. The van der Waals surface area contributed by atoms with Gasteiger partial charge in [0, 0.05) is 5.56 Å². The Morgan fingerprint density at radius 2 is 1.90 bits per heavy atom. The molecule has 0 nitrogen and oxygen atoms in total. The minimum atomic E-state index is -0.413. The predicted molar refractivity (Wildman–Crippen MR) is 79.9 cm³/mol. The summed E-state index contributed by atoms with van der Waals surface area (Å²) in [6, 6.07) is 3.56. The topological polar surface area (TPSA) is 0 Å². The van der Waals surface area contributed by atoms with Gasteiger partial charge in [-0.2, -0.15) is 0 Å². The SMILES string of the molecule is CCCCC1CCC(C(Cl)c2cc(F)ccc2F)CC1. The molecule has 0 bridgehead atoms. The lowest BCUT2D eigenvalue weighted by molar-refractivity contribution is 0.252. The van der Waals surface area contributed by atoms with Gasteiger partial charge in [-0.25, -0.2) is 8.78 Å². The maximum Gasteiger partial charge on any atom is 0.128 e. The van der Waals surface area contributed by atoms with Crippen molar-refractivity contribution in [1.29, 1.82) is 0 Å². The summed E-state index contributed by atoms with van der Waals surface area (Å²) in [5, 5.41) is -0.405. The highest BCUT2D eigenvalue weighted by Gasteiger charge is 2.28. The first-order chi connectivity index (χ1) is 9.61. The molecule has 1 aliphatic carbocycles. The van der Waals surface area contributed by atoms with Gasteiger partial charge in [-0.3, -0.25) is 0 Å². The molecular formula is C17H23ClF2. The molecule has 3 heteroatoms. The second-order valence-corrected chi connectivity index (χ2v) is 6.46. The van der Waals surface area contributed by atoms with Crippen LogP contribution in [0.4, 0.5) is 8.78 Å². The molecule has 0 aromatic heterocycles. The molecule has 1 aliphatic rings. The van der Waals surface area contributed by atoms with Crippen LogP contribution >= 0.6 is 11.6 Å². The van der Waals surface area contributed by atoms with Crippen molar-refractivity contribution in [1.82, 2.24) is 0 Å². The quantitative estimate of drug-likeness (QED) is 0.564. The Morgan fingerprint density at radius 3 is 2.55 bits per heavy atom.